The SMILES string of the molecule is Oc1cc2ccc3cccc4c3c2c(c1)n4-c1ccccn1. The smallest absolute Gasteiger partial charge is 0.137 e. The van der Waals surface area contributed by atoms with Crippen molar-refractivity contribution in [3.8, 4) is 11.6 Å². The van der Waals surface area contributed by atoms with Crippen molar-refractivity contribution in [3.05, 3.63) is 66.9 Å². The first-order chi connectivity index (χ1) is 10.8. The molecule has 3 nitrogen and oxygen atoms in total. The lowest BCUT2D eigenvalue weighted by atomic mass is 10.0. The number of rotatable bonds is 1. The lowest BCUT2D eigenvalue weighted by Crippen LogP contribution is -1.95. The van der Waals surface area contributed by atoms with E-state index in [4.69, 9.17) is 0 Å². The third kappa shape index (κ3) is 1.37. The van der Waals surface area contributed by atoms with Gasteiger partial charge < -0.3 is 5.11 Å². The Hall–Kier alpha value is -3.07. The number of hydrogen-bond donors (Lipinski definition) is 1. The van der Waals surface area contributed by atoms with Crippen LogP contribution in [-0.2, 0) is 0 Å². The molecule has 1 N–H and O–H groups in total. The first-order valence-corrected chi connectivity index (χ1v) is 7.22. The van der Waals surface area contributed by atoms with E-state index in [1.54, 1.807) is 6.20 Å². The highest BCUT2D eigenvalue weighted by molar-refractivity contribution is 6.24. The minimum atomic E-state index is 0.274. The molecule has 0 saturated heterocycles. The van der Waals surface area contributed by atoms with Crippen LogP contribution in [0, 0.1) is 0 Å². The fourth-order valence-corrected chi connectivity index (χ4v) is 3.41. The Morgan fingerprint density at radius 3 is 2.50 bits per heavy atom. The fourth-order valence-electron chi connectivity index (χ4n) is 3.41. The summed E-state index contributed by atoms with van der Waals surface area (Å²) in [5.41, 5.74) is 2.10. The van der Waals surface area contributed by atoms with Crippen molar-refractivity contribution in [2.24, 2.45) is 0 Å². The van der Waals surface area contributed by atoms with Crippen molar-refractivity contribution in [2.75, 3.05) is 0 Å². The summed E-state index contributed by atoms with van der Waals surface area (Å²) < 4.78 is 2.12. The van der Waals surface area contributed by atoms with Gasteiger partial charge in [0.05, 0.1) is 11.0 Å². The van der Waals surface area contributed by atoms with Gasteiger partial charge in [-0.15, -0.1) is 0 Å². The van der Waals surface area contributed by atoms with E-state index in [1.807, 2.05) is 30.3 Å². The molecule has 5 aromatic rings. The third-order valence-corrected chi connectivity index (χ3v) is 4.26. The summed E-state index contributed by atoms with van der Waals surface area (Å²) in [6, 6.07) is 20.0. The molecule has 0 aliphatic rings. The quantitative estimate of drug-likeness (QED) is 0.461. The zero-order valence-corrected chi connectivity index (χ0v) is 11.7. The summed E-state index contributed by atoms with van der Waals surface area (Å²) in [5, 5.41) is 14.7. The molecule has 104 valence electrons. The number of aromatic hydroxyl groups is 1. The number of phenolic OH excluding ortho intramolecular Hbond substituents is 1. The van der Waals surface area contributed by atoms with Crippen LogP contribution >= 0.6 is 0 Å². The summed E-state index contributed by atoms with van der Waals surface area (Å²) in [6.45, 7) is 0. The maximum atomic E-state index is 10.1. The van der Waals surface area contributed by atoms with E-state index < -0.39 is 0 Å². The van der Waals surface area contributed by atoms with Gasteiger partial charge in [-0.2, -0.15) is 0 Å². The maximum absolute atomic E-state index is 10.1. The average molecular weight is 284 g/mol. The molecule has 2 heterocycles. The molecule has 0 radical (unpaired) electrons. The average Bonchev–Trinajstić information content (AvgIpc) is 2.88. The van der Waals surface area contributed by atoms with Crippen LogP contribution in [0.4, 0.5) is 0 Å². The molecule has 0 aliphatic carbocycles. The van der Waals surface area contributed by atoms with Gasteiger partial charge in [0.1, 0.15) is 11.6 Å². The van der Waals surface area contributed by atoms with Crippen LogP contribution in [0.25, 0.3) is 38.4 Å². The van der Waals surface area contributed by atoms with Gasteiger partial charge in [-0.05, 0) is 35.0 Å². The second-order valence-corrected chi connectivity index (χ2v) is 5.53. The summed E-state index contributed by atoms with van der Waals surface area (Å²) in [4.78, 5) is 4.49. The van der Waals surface area contributed by atoms with Gasteiger partial charge in [0.15, 0.2) is 0 Å². The number of hydrogen-bond acceptors (Lipinski definition) is 2. The van der Waals surface area contributed by atoms with E-state index in [0.29, 0.717) is 0 Å². The molecule has 3 aromatic carbocycles. The third-order valence-electron chi connectivity index (χ3n) is 4.26. The van der Waals surface area contributed by atoms with Crippen LogP contribution < -0.4 is 0 Å². The predicted octanol–water partition coefficient (Wildman–Crippen LogP) is 4.48. The molecular formula is C19H12N2O. The molecule has 0 spiro atoms. The van der Waals surface area contributed by atoms with Gasteiger partial charge in [0.25, 0.3) is 0 Å². The zero-order valence-electron chi connectivity index (χ0n) is 11.7. The summed E-state index contributed by atoms with van der Waals surface area (Å²) in [5.74, 6) is 1.13. The van der Waals surface area contributed by atoms with E-state index in [2.05, 4.69) is 39.9 Å². The summed E-state index contributed by atoms with van der Waals surface area (Å²) in [6.07, 6.45) is 1.79. The van der Waals surface area contributed by atoms with Crippen molar-refractivity contribution in [1.29, 1.82) is 0 Å². The molecule has 0 atom stereocenters. The van der Waals surface area contributed by atoms with Crippen LogP contribution in [0.3, 0.4) is 0 Å². The monoisotopic (exact) mass is 284 g/mol. The van der Waals surface area contributed by atoms with Gasteiger partial charge in [0, 0.05) is 23.0 Å². The molecule has 0 unspecified atom stereocenters. The molecule has 5 rings (SSSR count). The zero-order chi connectivity index (χ0) is 14.7. The highest BCUT2D eigenvalue weighted by atomic mass is 16.3. The Kier molecular flexibility index (Phi) is 2.09. The van der Waals surface area contributed by atoms with Crippen molar-refractivity contribution in [2.45, 2.75) is 0 Å². The Balaban J connectivity index is 2.12. The molecule has 22 heavy (non-hydrogen) atoms. The highest BCUT2D eigenvalue weighted by Gasteiger charge is 2.17. The second-order valence-electron chi connectivity index (χ2n) is 5.53. The van der Waals surface area contributed by atoms with E-state index >= 15 is 0 Å². The highest BCUT2D eigenvalue weighted by Crippen LogP contribution is 2.39. The Morgan fingerprint density at radius 2 is 1.64 bits per heavy atom. The van der Waals surface area contributed by atoms with E-state index in [-0.39, 0.29) is 5.75 Å². The minimum Gasteiger partial charge on any atom is -0.508 e. The van der Waals surface area contributed by atoms with E-state index in [9.17, 15) is 5.11 Å². The topological polar surface area (TPSA) is 38.0 Å². The van der Waals surface area contributed by atoms with Crippen LogP contribution in [0.5, 0.6) is 5.75 Å². The Morgan fingerprint density at radius 1 is 0.773 bits per heavy atom. The molecule has 2 aromatic heterocycles. The van der Waals surface area contributed by atoms with Gasteiger partial charge >= 0.3 is 0 Å². The summed E-state index contributed by atoms with van der Waals surface area (Å²) >= 11 is 0. The van der Waals surface area contributed by atoms with Crippen molar-refractivity contribution < 1.29 is 5.11 Å². The number of pyridine rings is 1. The standard InChI is InChI=1S/C19H12N2O/c22-14-10-13-8-7-12-4-3-5-15-18(12)19(13)16(11-14)21(15)17-6-1-2-9-20-17/h1-11,22H. The molecular weight excluding hydrogens is 272 g/mol. The molecule has 0 bridgehead atoms. The Bertz CT molecular complexity index is 1130. The number of benzene rings is 3. The minimum absolute atomic E-state index is 0.274. The van der Waals surface area contributed by atoms with Crippen molar-refractivity contribution >= 4 is 32.6 Å². The normalized spacial score (nSPS) is 11.8. The van der Waals surface area contributed by atoms with Crippen molar-refractivity contribution in [1.82, 2.24) is 9.55 Å². The van der Waals surface area contributed by atoms with E-state index in [1.165, 1.54) is 16.2 Å². The van der Waals surface area contributed by atoms with Gasteiger partial charge in [-0.1, -0.05) is 30.3 Å². The second kappa shape index (κ2) is 3.98. The van der Waals surface area contributed by atoms with Crippen LogP contribution in [0.15, 0.2) is 66.9 Å². The lowest BCUT2D eigenvalue weighted by Gasteiger charge is -2.06. The van der Waals surface area contributed by atoms with E-state index in [0.717, 1.165) is 22.2 Å². The lowest BCUT2D eigenvalue weighted by molar-refractivity contribution is 0.476. The molecule has 0 aliphatic heterocycles. The first-order valence-electron chi connectivity index (χ1n) is 7.22. The largest absolute Gasteiger partial charge is 0.508 e. The van der Waals surface area contributed by atoms with Gasteiger partial charge in [-0.25, -0.2) is 4.98 Å². The molecule has 0 amide bonds. The summed E-state index contributed by atoms with van der Waals surface area (Å²) in [7, 11) is 0. The Labute approximate surface area is 126 Å². The van der Waals surface area contributed by atoms with Crippen LogP contribution in [0.1, 0.15) is 0 Å². The number of nitrogens with zero attached hydrogens (tertiary/aromatic N) is 2. The van der Waals surface area contributed by atoms with Crippen LogP contribution in [0.2, 0.25) is 0 Å². The first kappa shape index (κ1) is 11.6. The van der Waals surface area contributed by atoms with Gasteiger partial charge in [0.2, 0.25) is 0 Å². The van der Waals surface area contributed by atoms with Gasteiger partial charge in [-0.3, -0.25) is 4.57 Å². The number of aromatic nitrogens is 2. The van der Waals surface area contributed by atoms with Crippen LogP contribution in [-0.4, -0.2) is 14.7 Å². The predicted molar refractivity (Wildman–Crippen MR) is 88.9 cm³/mol. The molecule has 0 fully saturated rings. The fraction of sp³-hybridized carbons (Fsp3) is 0. The number of phenols is 1. The molecule has 0 saturated carbocycles. The maximum Gasteiger partial charge on any atom is 0.137 e. The molecule has 3 heteroatoms. The van der Waals surface area contributed by atoms with Crippen molar-refractivity contribution in [3.63, 3.8) is 0 Å².